The van der Waals surface area contributed by atoms with E-state index in [0.717, 1.165) is 0 Å². The van der Waals surface area contributed by atoms with Gasteiger partial charge in [0.1, 0.15) is 6.61 Å². The zero-order valence-electron chi connectivity index (χ0n) is 6.10. The lowest BCUT2D eigenvalue weighted by Gasteiger charge is -1.91. The first kappa shape index (κ1) is 8.82. The number of thiazole rings is 1. The van der Waals surface area contributed by atoms with Crippen LogP contribution < -0.4 is 5.43 Å². The molecule has 0 spiro atoms. The standard InChI is InChI=1S/C6H7N3O2S/c10-2-6(11)9-8-1-5-3-12-4-7-5/h1,3-4,10H,2H2,(H,9,11)/b8-1+. The normalized spacial score (nSPS) is 10.4. The van der Waals surface area contributed by atoms with Crippen LogP contribution in [0.4, 0.5) is 0 Å². The average molecular weight is 185 g/mol. The van der Waals surface area contributed by atoms with Gasteiger partial charge in [-0.2, -0.15) is 5.10 Å². The molecule has 1 heterocycles. The third-order valence-corrected chi connectivity index (χ3v) is 1.59. The molecule has 0 aliphatic carbocycles. The lowest BCUT2D eigenvalue weighted by Crippen LogP contribution is -2.20. The van der Waals surface area contributed by atoms with E-state index in [4.69, 9.17) is 5.11 Å². The van der Waals surface area contributed by atoms with Gasteiger partial charge < -0.3 is 5.11 Å². The molecule has 5 nitrogen and oxygen atoms in total. The van der Waals surface area contributed by atoms with Gasteiger partial charge in [0.05, 0.1) is 17.4 Å². The van der Waals surface area contributed by atoms with E-state index in [1.165, 1.54) is 17.6 Å². The maximum absolute atomic E-state index is 10.4. The van der Waals surface area contributed by atoms with Crippen LogP contribution in [0.5, 0.6) is 0 Å². The molecule has 1 aromatic heterocycles. The number of nitrogens with one attached hydrogen (secondary N) is 1. The van der Waals surface area contributed by atoms with Gasteiger partial charge in [0.2, 0.25) is 0 Å². The summed E-state index contributed by atoms with van der Waals surface area (Å²) in [7, 11) is 0. The Balaban J connectivity index is 2.37. The first-order valence-electron chi connectivity index (χ1n) is 3.14. The van der Waals surface area contributed by atoms with Crippen LogP contribution in [0.3, 0.4) is 0 Å². The maximum Gasteiger partial charge on any atom is 0.265 e. The van der Waals surface area contributed by atoms with Crippen LogP contribution in [0.15, 0.2) is 16.0 Å². The smallest absolute Gasteiger partial charge is 0.265 e. The molecule has 0 fully saturated rings. The number of carbonyl (C=O) groups is 1. The zero-order valence-corrected chi connectivity index (χ0v) is 6.91. The van der Waals surface area contributed by atoms with Crippen LogP contribution >= 0.6 is 11.3 Å². The number of rotatable bonds is 3. The average Bonchev–Trinajstić information content (AvgIpc) is 2.57. The highest BCUT2D eigenvalue weighted by molar-refractivity contribution is 7.07. The number of hydrazone groups is 1. The quantitative estimate of drug-likeness (QED) is 0.496. The minimum absolute atomic E-state index is 0.540. The second-order valence-electron chi connectivity index (χ2n) is 1.86. The SMILES string of the molecule is O=C(CO)N/N=C/c1cscn1. The molecular weight excluding hydrogens is 178 g/mol. The number of aliphatic hydroxyl groups excluding tert-OH is 1. The third-order valence-electron chi connectivity index (χ3n) is 0.981. The highest BCUT2D eigenvalue weighted by atomic mass is 32.1. The largest absolute Gasteiger partial charge is 0.386 e. The van der Waals surface area contributed by atoms with Crippen molar-refractivity contribution in [3.8, 4) is 0 Å². The van der Waals surface area contributed by atoms with Crippen LogP contribution in [-0.4, -0.2) is 28.8 Å². The molecule has 0 radical (unpaired) electrons. The van der Waals surface area contributed by atoms with Gasteiger partial charge in [-0.05, 0) is 0 Å². The van der Waals surface area contributed by atoms with Crippen LogP contribution in [0.1, 0.15) is 5.69 Å². The number of aliphatic hydroxyl groups is 1. The molecule has 0 unspecified atom stereocenters. The molecule has 1 amide bonds. The summed E-state index contributed by atoms with van der Waals surface area (Å²) in [5.74, 6) is -0.540. The molecule has 2 N–H and O–H groups in total. The molecule has 64 valence electrons. The molecule has 0 aromatic carbocycles. The highest BCUT2D eigenvalue weighted by Crippen LogP contribution is 1.96. The lowest BCUT2D eigenvalue weighted by molar-refractivity contribution is -0.123. The van der Waals surface area contributed by atoms with E-state index in [1.54, 1.807) is 10.9 Å². The summed E-state index contributed by atoms with van der Waals surface area (Å²) in [6, 6.07) is 0. The summed E-state index contributed by atoms with van der Waals surface area (Å²) in [6.07, 6.45) is 1.41. The van der Waals surface area contributed by atoms with Crippen molar-refractivity contribution < 1.29 is 9.90 Å². The lowest BCUT2D eigenvalue weighted by atomic mass is 10.6. The Bertz CT molecular complexity index is 270. The second-order valence-corrected chi connectivity index (χ2v) is 2.58. The predicted octanol–water partition coefficient (Wildman–Crippen LogP) is -0.415. The molecule has 0 aliphatic rings. The number of nitrogens with zero attached hydrogens (tertiary/aromatic N) is 2. The summed E-state index contributed by atoms with van der Waals surface area (Å²) in [5.41, 5.74) is 4.46. The fourth-order valence-electron chi connectivity index (χ4n) is 0.491. The minimum Gasteiger partial charge on any atom is -0.386 e. The fourth-order valence-corrected chi connectivity index (χ4v) is 0.996. The zero-order chi connectivity index (χ0) is 8.81. The molecule has 0 saturated heterocycles. The summed E-state index contributed by atoms with van der Waals surface area (Å²) in [4.78, 5) is 14.3. The molecule has 1 aromatic rings. The Morgan fingerprint density at radius 1 is 1.92 bits per heavy atom. The first-order chi connectivity index (χ1) is 5.83. The van der Waals surface area contributed by atoms with Crippen molar-refractivity contribution in [1.82, 2.24) is 10.4 Å². The van der Waals surface area contributed by atoms with Crippen LogP contribution in [-0.2, 0) is 4.79 Å². The second kappa shape index (κ2) is 4.58. The van der Waals surface area contributed by atoms with Gasteiger partial charge in [-0.25, -0.2) is 10.4 Å². The summed E-state index contributed by atoms with van der Waals surface area (Å²) >= 11 is 1.44. The van der Waals surface area contributed by atoms with Crippen molar-refractivity contribution in [3.63, 3.8) is 0 Å². The van der Waals surface area contributed by atoms with Gasteiger partial charge in [-0.3, -0.25) is 4.79 Å². The van der Waals surface area contributed by atoms with Crippen molar-refractivity contribution in [3.05, 3.63) is 16.6 Å². The molecule has 0 saturated carbocycles. The van der Waals surface area contributed by atoms with Crippen molar-refractivity contribution in [2.75, 3.05) is 6.61 Å². The summed E-state index contributed by atoms with van der Waals surface area (Å²) < 4.78 is 0. The molecule has 0 aliphatic heterocycles. The van der Waals surface area contributed by atoms with Gasteiger partial charge in [0.25, 0.3) is 5.91 Å². The molecule has 1 rings (SSSR count). The van der Waals surface area contributed by atoms with Crippen LogP contribution in [0, 0.1) is 0 Å². The summed E-state index contributed by atoms with van der Waals surface area (Å²) in [5, 5.41) is 13.6. The molecule has 6 heteroatoms. The number of aromatic nitrogens is 1. The van der Waals surface area contributed by atoms with E-state index < -0.39 is 12.5 Å². The highest BCUT2D eigenvalue weighted by Gasteiger charge is 1.92. The van der Waals surface area contributed by atoms with Crippen molar-refractivity contribution in [1.29, 1.82) is 0 Å². The Hall–Kier alpha value is -1.27. The van der Waals surface area contributed by atoms with Gasteiger partial charge in [-0.15, -0.1) is 11.3 Å². The van der Waals surface area contributed by atoms with Gasteiger partial charge in [-0.1, -0.05) is 0 Å². The Kier molecular flexibility index (Phi) is 3.36. The number of hydrogen-bond donors (Lipinski definition) is 2. The molecule has 0 bridgehead atoms. The third kappa shape index (κ3) is 2.77. The van der Waals surface area contributed by atoms with Gasteiger partial charge in [0.15, 0.2) is 0 Å². The molecular formula is C6H7N3O2S. The fraction of sp³-hybridized carbons (Fsp3) is 0.167. The molecule has 0 atom stereocenters. The number of hydrogen-bond acceptors (Lipinski definition) is 5. The Labute approximate surface area is 72.8 Å². The van der Waals surface area contributed by atoms with Gasteiger partial charge in [0, 0.05) is 5.38 Å². The van der Waals surface area contributed by atoms with E-state index in [1.807, 2.05) is 0 Å². The number of carbonyl (C=O) groups excluding carboxylic acids is 1. The Morgan fingerprint density at radius 3 is 3.33 bits per heavy atom. The van der Waals surface area contributed by atoms with Crippen LogP contribution in [0.2, 0.25) is 0 Å². The topological polar surface area (TPSA) is 74.6 Å². The predicted molar refractivity (Wildman–Crippen MR) is 44.9 cm³/mol. The number of amides is 1. The monoisotopic (exact) mass is 185 g/mol. The van der Waals surface area contributed by atoms with E-state index in [-0.39, 0.29) is 0 Å². The molecule has 12 heavy (non-hydrogen) atoms. The summed E-state index contributed by atoms with van der Waals surface area (Å²) in [6.45, 7) is -0.561. The van der Waals surface area contributed by atoms with E-state index >= 15 is 0 Å². The van der Waals surface area contributed by atoms with E-state index in [0.29, 0.717) is 5.69 Å². The minimum atomic E-state index is -0.561. The van der Waals surface area contributed by atoms with Crippen LogP contribution in [0.25, 0.3) is 0 Å². The van der Waals surface area contributed by atoms with E-state index in [2.05, 4.69) is 15.5 Å². The first-order valence-corrected chi connectivity index (χ1v) is 4.08. The van der Waals surface area contributed by atoms with Crippen molar-refractivity contribution in [2.45, 2.75) is 0 Å². The van der Waals surface area contributed by atoms with Crippen molar-refractivity contribution in [2.24, 2.45) is 5.10 Å². The van der Waals surface area contributed by atoms with Gasteiger partial charge >= 0.3 is 0 Å². The Morgan fingerprint density at radius 2 is 2.75 bits per heavy atom. The maximum atomic E-state index is 10.4. The van der Waals surface area contributed by atoms with Crippen molar-refractivity contribution >= 4 is 23.5 Å². The van der Waals surface area contributed by atoms with E-state index in [9.17, 15) is 4.79 Å².